The molecule has 1 aromatic carbocycles. The zero-order valence-corrected chi connectivity index (χ0v) is 12.0. The van der Waals surface area contributed by atoms with E-state index in [1.807, 2.05) is 19.9 Å². The van der Waals surface area contributed by atoms with Crippen LogP contribution >= 0.6 is 0 Å². The summed E-state index contributed by atoms with van der Waals surface area (Å²) in [5.41, 5.74) is 8.33. The zero-order chi connectivity index (χ0) is 14.7. The number of benzene rings is 1. The summed E-state index contributed by atoms with van der Waals surface area (Å²) < 4.78 is 19.1. The Bertz CT molecular complexity index is 611. The van der Waals surface area contributed by atoms with Gasteiger partial charge in [-0.25, -0.2) is 9.37 Å². The Hall–Kier alpha value is -1.94. The number of ether oxygens (including phenoxy) is 1. The predicted molar refractivity (Wildman–Crippen MR) is 77.5 cm³/mol. The molecular formula is C16H19FN2O. The van der Waals surface area contributed by atoms with Gasteiger partial charge in [0.1, 0.15) is 11.6 Å². The smallest absolute Gasteiger partial charge is 0.222 e. The van der Waals surface area contributed by atoms with Crippen LogP contribution < -0.4 is 10.5 Å². The fraction of sp³-hybridized carbons (Fsp3) is 0.312. The summed E-state index contributed by atoms with van der Waals surface area (Å²) in [6, 6.07) is 6.87. The first-order chi connectivity index (χ1) is 9.45. The number of rotatable bonds is 4. The van der Waals surface area contributed by atoms with Crippen LogP contribution in [0.1, 0.15) is 23.6 Å². The Morgan fingerprint density at radius 1 is 1.25 bits per heavy atom. The van der Waals surface area contributed by atoms with Crippen molar-refractivity contribution in [1.29, 1.82) is 0 Å². The molecule has 2 rings (SSSR count). The van der Waals surface area contributed by atoms with E-state index >= 15 is 0 Å². The third-order valence-corrected chi connectivity index (χ3v) is 3.00. The van der Waals surface area contributed by atoms with Crippen molar-refractivity contribution in [2.24, 2.45) is 5.73 Å². The van der Waals surface area contributed by atoms with Crippen molar-refractivity contribution in [3.8, 4) is 11.6 Å². The molecule has 20 heavy (non-hydrogen) atoms. The minimum absolute atomic E-state index is 0.0918. The number of aryl methyl sites for hydroxylation is 2. The Labute approximate surface area is 118 Å². The summed E-state index contributed by atoms with van der Waals surface area (Å²) in [5.74, 6) is 0.652. The molecule has 0 aliphatic carbocycles. The molecule has 2 aromatic rings. The second-order valence-electron chi connectivity index (χ2n) is 5.16. The standard InChI is InChI=1S/C16H19FN2O/c1-10-4-5-14(8-15(10)17)20-16-11(2)6-13(9-19-16)7-12(3)18/h4-6,8-9,12H,7,18H2,1-3H3. The molecule has 1 atom stereocenters. The first-order valence-electron chi connectivity index (χ1n) is 6.61. The van der Waals surface area contributed by atoms with E-state index in [0.717, 1.165) is 17.5 Å². The van der Waals surface area contributed by atoms with Crippen molar-refractivity contribution < 1.29 is 9.13 Å². The van der Waals surface area contributed by atoms with Crippen molar-refractivity contribution in [3.63, 3.8) is 0 Å². The molecule has 3 nitrogen and oxygen atoms in total. The fourth-order valence-electron chi connectivity index (χ4n) is 1.96. The van der Waals surface area contributed by atoms with Crippen molar-refractivity contribution in [1.82, 2.24) is 4.98 Å². The van der Waals surface area contributed by atoms with E-state index in [-0.39, 0.29) is 11.9 Å². The lowest BCUT2D eigenvalue weighted by Gasteiger charge is -2.11. The van der Waals surface area contributed by atoms with Gasteiger partial charge in [0.15, 0.2) is 0 Å². The summed E-state index contributed by atoms with van der Waals surface area (Å²) in [6.45, 7) is 5.58. The molecule has 1 unspecified atom stereocenters. The van der Waals surface area contributed by atoms with Crippen LogP contribution in [0.25, 0.3) is 0 Å². The van der Waals surface area contributed by atoms with E-state index in [9.17, 15) is 4.39 Å². The molecule has 0 saturated carbocycles. The summed E-state index contributed by atoms with van der Waals surface area (Å²) in [7, 11) is 0. The number of hydrogen-bond donors (Lipinski definition) is 1. The van der Waals surface area contributed by atoms with Gasteiger partial charge in [0.05, 0.1) is 0 Å². The molecule has 2 N–H and O–H groups in total. The Balaban J connectivity index is 2.19. The molecule has 1 aromatic heterocycles. The number of pyridine rings is 1. The number of aromatic nitrogens is 1. The minimum Gasteiger partial charge on any atom is -0.439 e. The van der Waals surface area contributed by atoms with Crippen LogP contribution in [0, 0.1) is 19.7 Å². The number of halogens is 1. The van der Waals surface area contributed by atoms with Crippen LogP contribution in [0.5, 0.6) is 11.6 Å². The average molecular weight is 274 g/mol. The van der Waals surface area contributed by atoms with Gasteiger partial charge in [-0.3, -0.25) is 0 Å². The van der Waals surface area contributed by atoms with Crippen molar-refractivity contribution in [3.05, 3.63) is 53.0 Å². The summed E-state index contributed by atoms with van der Waals surface area (Å²) in [6.07, 6.45) is 2.52. The van der Waals surface area contributed by atoms with Gasteiger partial charge in [-0.15, -0.1) is 0 Å². The third-order valence-electron chi connectivity index (χ3n) is 3.00. The lowest BCUT2D eigenvalue weighted by Crippen LogP contribution is -2.17. The van der Waals surface area contributed by atoms with Crippen molar-refractivity contribution >= 4 is 0 Å². The quantitative estimate of drug-likeness (QED) is 0.928. The summed E-state index contributed by atoms with van der Waals surface area (Å²) >= 11 is 0. The van der Waals surface area contributed by atoms with Crippen LogP contribution in [0.3, 0.4) is 0 Å². The van der Waals surface area contributed by atoms with Gasteiger partial charge in [-0.1, -0.05) is 6.07 Å². The summed E-state index contributed by atoms with van der Waals surface area (Å²) in [4.78, 5) is 4.28. The molecule has 4 heteroatoms. The van der Waals surface area contributed by atoms with Crippen molar-refractivity contribution in [2.75, 3.05) is 0 Å². The maximum absolute atomic E-state index is 13.5. The molecular weight excluding hydrogens is 255 g/mol. The van der Waals surface area contributed by atoms with Crippen LogP contribution in [0.4, 0.5) is 4.39 Å². The van der Waals surface area contributed by atoms with E-state index in [1.54, 1.807) is 25.3 Å². The highest BCUT2D eigenvalue weighted by Crippen LogP contribution is 2.25. The highest BCUT2D eigenvalue weighted by atomic mass is 19.1. The van der Waals surface area contributed by atoms with Gasteiger partial charge < -0.3 is 10.5 Å². The minimum atomic E-state index is -0.284. The Morgan fingerprint density at radius 2 is 2.00 bits per heavy atom. The van der Waals surface area contributed by atoms with E-state index in [0.29, 0.717) is 17.2 Å². The second kappa shape index (κ2) is 6.01. The first kappa shape index (κ1) is 14.5. The van der Waals surface area contributed by atoms with E-state index in [1.165, 1.54) is 6.07 Å². The third kappa shape index (κ3) is 3.54. The van der Waals surface area contributed by atoms with Crippen LogP contribution in [0.15, 0.2) is 30.5 Å². The molecule has 0 aliphatic heterocycles. The lowest BCUT2D eigenvalue weighted by molar-refractivity contribution is 0.453. The second-order valence-corrected chi connectivity index (χ2v) is 5.16. The summed E-state index contributed by atoms with van der Waals surface area (Å²) in [5, 5.41) is 0. The maximum Gasteiger partial charge on any atom is 0.222 e. The fourth-order valence-corrected chi connectivity index (χ4v) is 1.96. The van der Waals surface area contributed by atoms with Gasteiger partial charge in [0, 0.05) is 23.9 Å². The van der Waals surface area contributed by atoms with Gasteiger partial charge in [0.25, 0.3) is 0 Å². The molecule has 0 spiro atoms. The van der Waals surface area contributed by atoms with Gasteiger partial charge >= 0.3 is 0 Å². The molecule has 0 amide bonds. The molecule has 0 bridgehead atoms. The molecule has 0 aliphatic rings. The largest absolute Gasteiger partial charge is 0.439 e. The van der Waals surface area contributed by atoms with E-state index < -0.39 is 0 Å². The van der Waals surface area contributed by atoms with Crippen LogP contribution in [0.2, 0.25) is 0 Å². The van der Waals surface area contributed by atoms with E-state index in [2.05, 4.69) is 4.98 Å². The van der Waals surface area contributed by atoms with E-state index in [4.69, 9.17) is 10.5 Å². The molecule has 0 fully saturated rings. The van der Waals surface area contributed by atoms with Crippen LogP contribution in [-0.4, -0.2) is 11.0 Å². The van der Waals surface area contributed by atoms with Crippen LogP contribution in [-0.2, 0) is 6.42 Å². The number of nitrogens with two attached hydrogens (primary N) is 1. The zero-order valence-electron chi connectivity index (χ0n) is 12.0. The normalized spacial score (nSPS) is 12.2. The Morgan fingerprint density at radius 3 is 2.60 bits per heavy atom. The average Bonchev–Trinajstić information content (AvgIpc) is 2.36. The first-order valence-corrected chi connectivity index (χ1v) is 6.61. The highest BCUT2D eigenvalue weighted by molar-refractivity contribution is 5.35. The predicted octanol–water partition coefficient (Wildman–Crippen LogP) is 3.52. The number of nitrogens with zero attached hydrogens (tertiary/aromatic N) is 1. The molecule has 0 radical (unpaired) electrons. The molecule has 0 saturated heterocycles. The van der Waals surface area contributed by atoms with Gasteiger partial charge in [-0.05, 0) is 50.5 Å². The van der Waals surface area contributed by atoms with Gasteiger partial charge in [0.2, 0.25) is 5.88 Å². The lowest BCUT2D eigenvalue weighted by atomic mass is 10.1. The molecule has 106 valence electrons. The maximum atomic E-state index is 13.5. The Kier molecular flexibility index (Phi) is 4.35. The topological polar surface area (TPSA) is 48.1 Å². The van der Waals surface area contributed by atoms with Gasteiger partial charge in [-0.2, -0.15) is 0 Å². The highest BCUT2D eigenvalue weighted by Gasteiger charge is 2.07. The number of hydrogen-bond acceptors (Lipinski definition) is 3. The SMILES string of the molecule is Cc1ccc(Oc2ncc(CC(C)N)cc2C)cc1F. The monoisotopic (exact) mass is 274 g/mol. The molecule has 1 heterocycles. The van der Waals surface area contributed by atoms with Crippen molar-refractivity contribution in [2.45, 2.75) is 33.2 Å².